The zero-order valence-electron chi connectivity index (χ0n) is 7.39. The molecule has 0 aromatic carbocycles. The van der Waals surface area contributed by atoms with E-state index in [1.165, 1.54) is 0 Å². The van der Waals surface area contributed by atoms with E-state index in [9.17, 15) is 0 Å². The molecule has 0 aliphatic heterocycles. The van der Waals surface area contributed by atoms with E-state index in [4.69, 9.17) is 61.3 Å². The molecule has 17 heavy (non-hydrogen) atoms. The normalized spacial score (nSPS) is 5.65. The summed E-state index contributed by atoms with van der Waals surface area (Å²) in [6.45, 7) is 0. The molecule has 0 aromatic heterocycles. The van der Waals surface area contributed by atoms with Gasteiger partial charge in [0.25, 0.3) is 0 Å². The molecule has 16 nitrogen and oxygen atoms in total. The molecule has 0 spiro atoms. The average molecular weight is 313 g/mol. The Bertz CT molecular complexity index is 159. The standard InChI is InChI=1S/4NO3.Zn/c4*2-1(3)4;/q4*-1;. The van der Waals surface area contributed by atoms with E-state index in [1.54, 1.807) is 0 Å². The van der Waals surface area contributed by atoms with Gasteiger partial charge in [-0.3, -0.25) is 0 Å². The maximum absolute atomic E-state index is 8.25. The zero-order valence-corrected chi connectivity index (χ0v) is 10.4. The Labute approximate surface area is 102 Å². The van der Waals surface area contributed by atoms with Gasteiger partial charge in [0, 0.05) is 19.5 Å². The summed E-state index contributed by atoms with van der Waals surface area (Å²) in [4.78, 5) is 33.0. The Morgan fingerprint density at radius 2 is 0.412 bits per heavy atom. The minimum Gasteiger partial charge on any atom is -0.356 e. The summed E-state index contributed by atoms with van der Waals surface area (Å²) in [5, 5.41) is 59.0. The monoisotopic (exact) mass is 312 g/mol. The van der Waals surface area contributed by atoms with Gasteiger partial charge in [-0.2, -0.15) is 0 Å². The number of rotatable bonds is 0. The van der Waals surface area contributed by atoms with Crippen molar-refractivity contribution in [1.29, 1.82) is 0 Å². The van der Waals surface area contributed by atoms with Gasteiger partial charge in [0.2, 0.25) is 0 Å². The fourth-order valence-electron chi connectivity index (χ4n) is 0. The Balaban J connectivity index is -0.0000000369. The van der Waals surface area contributed by atoms with Crippen LogP contribution in [0.3, 0.4) is 0 Å². The quantitative estimate of drug-likeness (QED) is 0.297. The van der Waals surface area contributed by atoms with E-state index in [0.717, 1.165) is 0 Å². The second-order valence-electron chi connectivity index (χ2n) is 0.894. The summed E-state index contributed by atoms with van der Waals surface area (Å²) in [5.41, 5.74) is 0. The molecule has 0 fully saturated rings. The van der Waals surface area contributed by atoms with Crippen molar-refractivity contribution in [2.24, 2.45) is 0 Å². The van der Waals surface area contributed by atoms with Crippen LogP contribution in [0.4, 0.5) is 0 Å². The molecule has 0 saturated carbocycles. The molecule has 0 saturated heterocycles. The van der Waals surface area contributed by atoms with Gasteiger partial charge in [-0.15, -0.1) is 0 Å². The first-order valence-corrected chi connectivity index (χ1v) is 2.19. The fraction of sp³-hybridized carbons (Fsp3) is 0. The van der Waals surface area contributed by atoms with E-state index in [1.807, 2.05) is 0 Å². The first kappa shape index (κ1) is 29.3. The second kappa shape index (κ2) is 23.3. The van der Waals surface area contributed by atoms with Crippen LogP contribution in [0.15, 0.2) is 0 Å². The second-order valence-corrected chi connectivity index (χ2v) is 0.894. The Morgan fingerprint density at radius 1 is 0.412 bits per heavy atom. The number of hydrogen-bond acceptors (Lipinski definition) is 12. The fourth-order valence-corrected chi connectivity index (χ4v) is 0. The van der Waals surface area contributed by atoms with Gasteiger partial charge in [0.15, 0.2) is 0 Å². The summed E-state index contributed by atoms with van der Waals surface area (Å²) in [6.07, 6.45) is 0. The molecule has 98 valence electrons. The van der Waals surface area contributed by atoms with Gasteiger partial charge in [0.05, 0.1) is 20.3 Å². The topological polar surface area (TPSA) is 265 Å². The molecule has 0 heterocycles. The van der Waals surface area contributed by atoms with E-state index >= 15 is 0 Å². The van der Waals surface area contributed by atoms with Crippen molar-refractivity contribution in [2.45, 2.75) is 0 Å². The SMILES string of the molecule is O=[N+]([O-])[O-].O=[N+]([O-])[O-].O=[N+]([O-])[O-].O=[N+]([O-])[O-].[Zn]. The first-order valence-electron chi connectivity index (χ1n) is 2.19. The molecule has 0 bridgehead atoms. The van der Waals surface area contributed by atoms with Crippen LogP contribution in [0.1, 0.15) is 0 Å². The van der Waals surface area contributed by atoms with Crippen molar-refractivity contribution in [3.63, 3.8) is 0 Å². The van der Waals surface area contributed by atoms with Crippen molar-refractivity contribution < 1.29 is 39.8 Å². The molecule has 0 aliphatic rings. The molecule has 0 N–H and O–H groups in total. The van der Waals surface area contributed by atoms with E-state index < -0.39 is 20.3 Å². The van der Waals surface area contributed by atoms with Crippen molar-refractivity contribution in [3.05, 3.63) is 61.3 Å². The van der Waals surface area contributed by atoms with Crippen LogP contribution in [-0.4, -0.2) is 20.3 Å². The van der Waals surface area contributed by atoms with Crippen molar-refractivity contribution in [1.82, 2.24) is 0 Å². The third-order valence-electron chi connectivity index (χ3n) is 0. The van der Waals surface area contributed by atoms with Crippen LogP contribution in [0.2, 0.25) is 0 Å². The molecule has 0 aliphatic carbocycles. The zero-order chi connectivity index (χ0) is 14.3. The van der Waals surface area contributed by atoms with Gasteiger partial charge >= 0.3 is 0 Å². The van der Waals surface area contributed by atoms with E-state index in [2.05, 4.69) is 0 Å². The molecule has 0 rings (SSSR count). The van der Waals surface area contributed by atoms with Crippen LogP contribution in [0, 0.1) is 61.3 Å². The summed E-state index contributed by atoms with van der Waals surface area (Å²) in [5.74, 6) is 0. The average Bonchev–Trinajstić information content (AvgIpc) is 1.76. The Kier molecular flexibility index (Phi) is 40.2. The van der Waals surface area contributed by atoms with Crippen molar-refractivity contribution in [2.75, 3.05) is 0 Å². The van der Waals surface area contributed by atoms with Crippen LogP contribution >= 0.6 is 0 Å². The smallest absolute Gasteiger partial charge is 0.0689 e. The van der Waals surface area contributed by atoms with Crippen molar-refractivity contribution >= 4 is 0 Å². The maximum atomic E-state index is 8.25. The van der Waals surface area contributed by atoms with Gasteiger partial charge in [-0.25, -0.2) is 0 Å². The van der Waals surface area contributed by atoms with Crippen molar-refractivity contribution in [3.8, 4) is 0 Å². The van der Waals surface area contributed by atoms with Crippen LogP contribution in [0.5, 0.6) is 0 Å². The Hall–Kier alpha value is -2.58. The predicted molar refractivity (Wildman–Crippen MR) is 41.4 cm³/mol. The summed E-state index contributed by atoms with van der Waals surface area (Å²) < 4.78 is 0. The molecule has 0 atom stereocenters. The third kappa shape index (κ3) is 264. The summed E-state index contributed by atoms with van der Waals surface area (Å²) in [7, 11) is 0. The summed E-state index contributed by atoms with van der Waals surface area (Å²) >= 11 is 0. The molecule has 0 amide bonds. The number of nitrogens with zero attached hydrogens (tertiary/aromatic N) is 4. The Morgan fingerprint density at radius 3 is 0.412 bits per heavy atom. The third-order valence-corrected chi connectivity index (χ3v) is 0. The number of hydrogen-bond donors (Lipinski definition) is 0. The van der Waals surface area contributed by atoms with Gasteiger partial charge in [-0.1, -0.05) is 0 Å². The molecular formula is N4O12Zn-4. The van der Waals surface area contributed by atoms with E-state index in [-0.39, 0.29) is 19.5 Å². The molecule has 0 radical (unpaired) electrons. The largest absolute Gasteiger partial charge is 0.356 e. The van der Waals surface area contributed by atoms with Crippen LogP contribution in [0.25, 0.3) is 0 Å². The molecule has 0 aromatic rings. The minimum absolute atomic E-state index is 0. The van der Waals surface area contributed by atoms with Gasteiger partial charge in [0.1, 0.15) is 0 Å². The minimum atomic E-state index is -1.75. The molecular weight excluding hydrogens is 313 g/mol. The van der Waals surface area contributed by atoms with Gasteiger partial charge < -0.3 is 61.3 Å². The van der Waals surface area contributed by atoms with E-state index in [0.29, 0.717) is 0 Å². The first-order chi connectivity index (χ1) is 6.93. The molecule has 17 heteroatoms. The van der Waals surface area contributed by atoms with Crippen LogP contribution in [-0.2, 0) is 19.5 Å². The molecule has 0 unspecified atom stereocenters. The summed E-state index contributed by atoms with van der Waals surface area (Å²) in [6, 6.07) is 0. The van der Waals surface area contributed by atoms with Crippen LogP contribution < -0.4 is 0 Å². The predicted octanol–water partition coefficient (Wildman–Crippen LogP) is -0.959. The van der Waals surface area contributed by atoms with Gasteiger partial charge in [-0.05, 0) is 0 Å². The maximum Gasteiger partial charge on any atom is 0.0689 e.